The third kappa shape index (κ3) is 2.25. The lowest BCUT2D eigenvalue weighted by Crippen LogP contribution is -2.05. The number of ether oxygens (including phenoxy) is 1. The summed E-state index contributed by atoms with van der Waals surface area (Å²) >= 11 is 5.96. The van der Waals surface area contributed by atoms with E-state index >= 15 is 0 Å². The maximum atomic E-state index is 12.5. The van der Waals surface area contributed by atoms with Crippen molar-refractivity contribution in [2.24, 2.45) is 0 Å². The normalized spacial score (nSPS) is 16.6. The second kappa shape index (κ2) is 4.84. The summed E-state index contributed by atoms with van der Waals surface area (Å²) in [5, 5.41) is 0.397. The van der Waals surface area contributed by atoms with E-state index in [-0.39, 0.29) is 11.9 Å². The molecule has 1 aliphatic heterocycles. The highest BCUT2D eigenvalue weighted by molar-refractivity contribution is 6.33. The van der Waals surface area contributed by atoms with Crippen molar-refractivity contribution in [2.45, 2.75) is 19.4 Å². The predicted molar refractivity (Wildman–Crippen MR) is 79.5 cm³/mol. The van der Waals surface area contributed by atoms with Gasteiger partial charge in [0, 0.05) is 17.5 Å². The zero-order valence-electron chi connectivity index (χ0n) is 11.0. The molecule has 0 aliphatic carbocycles. The lowest BCUT2D eigenvalue weighted by atomic mass is 9.99. The van der Waals surface area contributed by atoms with Crippen molar-refractivity contribution < 1.29 is 9.53 Å². The third-order valence-electron chi connectivity index (χ3n) is 3.42. The van der Waals surface area contributed by atoms with Crippen LogP contribution in [0.3, 0.4) is 0 Å². The number of ketones is 1. The van der Waals surface area contributed by atoms with Gasteiger partial charge in [-0.15, -0.1) is 0 Å². The van der Waals surface area contributed by atoms with Gasteiger partial charge in [0.15, 0.2) is 5.78 Å². The van der Waals surface area contributed by atoms with Crippen LogP contribution in [-0.4, -0.2) is 11.9 Å². The Bertz CT molecular complexity index is 697. The first-order valence-corrected chi connectivity index (χ1v) is 6.81. The average molecular weight is 288 g/mol. The first kappa shape index (κ1) is 13.0. The fourth-order valence-corrected chi connectivity index (χ4v) is 2.58. The summed E-state index contributed by atoms with van der Waals surface area (Å²) in [5.41, 5.74) is 8.38. The van der Waals surface area contributed by atoms with E-state index in [1.54, 1.807) is 24.3 Å². The number of rotatable bonds is 2. The van der Waals surface area contributed by atoms with Crippen molar-refractivity contribution in [1.82, 2.24) is 0 Å². The molecular formula is C16H14ClNO2. The van der Waals surface area contributed by atoms with Crippen LogP contribution < -0.4 is 10.5 Å². The number of hydrogen-bond donors (Lipinski definition) is 1. The van der Waals surface area contributed by atoms with Gasteiger partial charge in [-0.25, -0.2) is 0 Å². The Hall–Kier alpha value is -2.00. The average Bonchev–Trinajstić information content (AvgIpc) is 2.80. The quantitative estimate of drug-likeness (QED) is 0.679. The van der Waals surface area contributed by atoms with Crippen LogP contribution in [0.1, 0.15) is 28.4 Å². The van der Waals surface area contributed by atoms with E-state index in [4.69, 9.17) is 22.1 Å². The molecule has 0 fully saturated rings. The van der Waals surface area contributed by atoms with Gasteiger partial charge in [0.1, 0.15) is 11.9 Å². The van der Waals surface area contributed by atoms with Crippen molar-refractivity contribution in [3.63, 3.8) is 0 Å². The van der Waals surface area contributed by atoms with Gasteiger partial charge in [-0.1, -0.05) is 11.6 Å². The van der Waals surface area contributed by atoms with Crippen molar-refractivity contribution >= 4 is 23.1 Å². The van der Waals surface area contributed by atoms with Crippen LogP contribution in [0.4, 0.5) is 5.69 Å². The van der Waals surface area contributed by atoms with Crippen LogP contribution in [0.15, 0.2) is 36.4 Å². The maximum Gasteiger partial charge on any atom is 0.193 e. The number of carbonyl (C=O) groups excluding carboxylic acids is 1. The lowest BCUT2D eigenvalue weighted by molar-refractivity contribution is 0.103. The molecule has 0 spiro atoms. The molecule has 0 saturated carbocycles. The first-order chi connectivity index (χ1) is 9.54. The molecule has 20 heavy (non-hydrogen) atoms. The molecule has 1 atom stereocenters. The summed E-state index contributed by atoms with van der Waals surface area (Å²) < 4.78 is 5.63. The smallest absolute Gasteiger partial charge is 0.193 e. The van der Waals surface area contributed by atoms with Crippen molar-refractivity contribution in [3.05, 3.63) is 58.1 Å². The number of fused-ring (bicyclic) bond motifs is 1. The minimum atomic E-state index is -0.0609. The van der Waals surface area contributed by atoms with E-state index in [1.807, 2.05) is 19.1 Å². The summed E-state index contributed by atoms with van der Waals surface area (Å²) in [5.74, 6) is 0.804. The SMILES string of the molecule is CC1Cc2cc(C(=O)c3ccc(N)c(Cl)c3)ccc2O1. The van der Waals surface area contributed by atoms with E-state index in [2.05, 4.69) is 0 Å². The van der Waals surface area contributed by atoms with Crippen LogP contribution >= 0.6 is 11.6 Å². The summed E-state index contributed by atoms with van der Waals surface area (Å²) in [6.07, 6.45) is 1.00. The van der Waals surface area contributed by atoms with Crippen LogP contribution in [0.5, 0.6) is 5.75 Å². The zero-order chi connectivity index (χ0) is 14.3. The summed E-state index contributed by atoms with van der Waals surface area (Å²) in [7, 11) is 0. The highest BCUT2D eigenvalue weighted by atomic mass is 35.5. The van der Waals surface area contributed by atoms with Gasteiger partial charge in [0.2, 0.25) is 0 Å². The molecule has 1 heterocycles. The van der Waals surface area contributed by atoms with E-state index < -0.39 is 0 Å². The maximum absolute atomic E-state index is 12.5. The number of anilines is 1. The molecule has 3 rings (SSSR count). The largest absolute Gasteiger partial charge is 0.490 e. The second-order valence-corrected chi connectivity index (χ2v) is 5.43. The molecule has 0 aromatic heterocycles. The van der Waals surface area contributed by atoms with Gasteiger partial charge in [-0.3, -0.25) is 4.79 Å². The van der Waals surface area contributed by atoms with Crippen molar-refractivity contribution in [1.29, 1.82) is 0 Å². The predicted octanol–water partition coefficient (Wildman–Crippen LogP) is 3.48. The number of nitrogens with two attached hydrogens (primary N) is 1. The van der Waals surface area contributed by atoms with Crippen LogP contribution in [0, 0.1) is 0 Å². The minimum Gasteiger partial charge on any atom is -0.490 e. The molecule has 0 bridgehead atoms. The number of halogens is 1. The zero-order valence-corrected chi connectivity index (χ0v) is 11.8. The van der Waals surface area contributed by atoms with Gasteiger partial charge in [0.25, 0.3) is 0 Å². The number of nitrogen functional groups attached to an aromatic ring is 1. The Morgan fingerprint density at radius 3 is 2.70 bits per heavy atom. The van der Waals surface area contributed by atoms with E-state index in [0.717, 1.165) is 17.7 Å². The molecule has 1 aliphatic rings. The molecule has 4 heteroatoms. The molecule has 0 saturated heterocycles. The number of hydrogen-bond acceptors (Lipinski definition) is 3. The van der Waals surface area contributed by atoms with Gasteiger partial charge < -0.3 is 10.5 Å². The fourth-order valence-electron chi connectivity index (χ4n) is 2.40. The molecule has 0 amide bonds. The number of benzene rings is 2. The second-order valence-electron chi connectivity index (χ2n) is 5.02. The minimum absolute atomic E-state index is 0.0609. The van der Waals surface area contributed by atoms with Gasteiger partial charge >= 0.3 is 0 Å². The topological polar surface area (TPSA) is 52.3 Å². The lowest BCUT2D eigenvalue weighted by Gasteiger charge is -2.05. The van der Waals surface area contributed by atoms with Gasteiger partial charge in [-0.05, 0) is 48.9 Å². The molecule has 102 valence electrons. The molecule has 2 N–H and O–H groups in total. The Labute approximate surface area is 122 Å². The third-order valence-corrected chi connectivity index (χ3v) is 3.75. The number of carbonyl (C=O) groups is 1. The Kier molecular flexibility index (Phi) is 3.14. The Balaban J connectivity index is 1.95. The standard InChI is InChI=1S/C16H14ClNO2/c1-9-6-12-7-10(3-5-15(12)20-9)16(19)11-2-4-14(18)13(17)8-11/h2-5,7-9H,6,18H2,1H3. The highest BCUT2D eigenvalue weighted by Crippen LogP contribution is 2.30. The molecule has 3 nitrogen and oxygen atoms in total. The van der Waals surface area contributed by atoms with E-state index in [1.165, 1.54) is 0 Å². The summed E-state index contributed by atoms with van der Waals surface area (Å²) in [6, 6.07) is 10.5. The van der Waals surface area contributed by atoms with Crippen molar-refractivity contribution in [3.8, 4) is 5.75 Å². The van der Waals surface area contributed by atoms with Crippen LogP contribution in [0.2, 0.25) is 5.02 Å². The molecule has 0 radical (unpaired) electrons. The summed E-state index contributed by atoms with van der Waals surface area (Å²) in [4.78, 5) is 12.5. The van der Waals surface area contributed by atoms with E-state index in [0.29, 0.717) is 21.8 Å². The molecular weight excluding hydrogens is 274 g/mol. The highest BCUT2D eigenvalue weighted by Gasteiger charge is 2.21. The van der Waals surface area contributed by atoms with Gasteiger partial charge in [-0.2, -0.15) is 0 Å². The molecule has 2 aromatic rings. The molecule has 2 aromatic carbocycles. The monoisotopic (exact) mass is 287 g/mol. The fraction of sp³-hybridized carbons (Fsp3) is 0.188. The Morgan fingerprint density at radius 1 is 1.25 bits per heavy atom. The molecule has 1 unspecified atom stereocenters. The van der Waals surface area contributed by atoms with Crippen molar-refractivity contribution in [2.75, 3.05) is 5.73 Å². The van der Waals surface area contributed by atoms with Crippen LogP contribution in [-0.2, 0) is 6.42 Å². The van der Waals surface area contributed by atoms with Gasteiger partial charge in [0.05, 0.1) is 10.7 Å². The van der Waals surface area contributed by atoms with Crippen LogP contribution in [0.25, 0.3) is 0 Å². The first-order valence-electron chi connectivity index (χ1n) is 6.44. The van der Waals surface area contributed by atoms with E-state index in [9.17, 15) is 4.79 Å². The Morgan fingerprint density at radius 2 is 1.95 bits per heavy atom. The summed E-state index contributed by atoms with van der Waals surface area (Å²) in [6.45, 7) is 2.02.